The monoisotopic (exact) mass is 396 g/mol. The molecule has 1 aromatic carbocycles. The fourth-order valence-electron chi connectivity index (χ4n) is 2.91. The number of benzene rings is 1. The molecule has 140 valence electrons. The van der Waals surface area contributed by atoms with Crippen LogP contribution in [0, 0.1) is 12.7 Å². The van der Waals surface area contributed by atoms with Crippen LogP contribution in [0.25, 0.3) is 16.8 Å². The lowest BCUT2D eigenvalue weighted by Gasteiger charge is -2.07. The highest BCUT2D eigenvalue weighted by molar-refractivity contribution is 6.30. The van der Waals surface area contributed by atoms with Crippen molar-refractivity contribution in [3.8, 4) is 11.3 Å². The molecule has 0 aliphatic carbocycles. The molecule has 3 heterocycles. The first-order chi connectivity index (χ1) is 13.4. The molecule has 0 saturated carbocycles. The minimum absolute atomic E-state index is 0.134. The van der Waals surface area contributed by atoms with Crippen LogP contribution in [0.4, 0.5) is 16.0 Å². The van der Waals surface area contributed by atoms with Crippen LogP contribution in [0.5, 0.6) is 0 Å². The zero-order valence-corrected chi connectivity index (χ0v) is 15.4. The van der Waals surface area contributed by atoms with Gasteiger partial charge in [-0.25, -0.2) is 19.3 Å². The maximum atomic E-state index is 14.8. The van der Waals surface area contributed by atoms with Crippen molar-refractivity contribution in [2.75, 3.05) is 11.1 Å². The number of fused-ring (bicyclic) bond motifs is 1. The molecule has 9 heteroatoms. The molecule has 0 spiro atoms. The Bertz CT molecular complexity index is 1220. The van der Waals surface area contributed by atoms with Crippen molar-refractivity contribution in [3.05, 3.63) is 71.2 Å². The summed E-state index contributed by atoms with van der Waals surface area (Å²) in [7, 11) is 0. The average molecular weight is 397 g/mol. The smallest absolute Gasteiger partial charge is 0.256 e. The van der Waals surface area contributed by atoms with Crippen molar-refractivity contribution in [1.82, 2.24) is 19.4 Å². The first kappa shape index (κ1) is 17.9. The third-order valence-electron chi connectivity index (χ3n) is 4.21. The fraction of sp³-hybridized carbons (Fsp3) is 0.0526. The van der Waals surface area contributed by atoms with Crippen LogP contribution in [0.1, 0.15) is 16.2 Å². The second-order valence-corrected chi connectivity index (χ2v) is 6.48. The molecule has 0 saturated heterocycles. The predicted molar refractivity (Wildman–Crippen MR) is 105 cm³/mol. The van der Waals surface area contributed by atoms with Crippen molar-refractivity contribution >= 4 is 34.7 Å². The van der Waals surface area contributed by atoms with Gasteiger partial charge in [-0.2, -0.15) is 0 Å². The molecule has 7 nitrogen and oxygen atoms in total. The predicted octanol–water partition coefficient (Wildman–Crippen LogP) is 3.73. The van der Waals surface area contributed by atoms with E-state index < -0.39 is 11.7 Å². The Labute approximate surface area is 164 Å². The molecule has 0 radical (unpaired) electrons. The van der Waals surface area contributed by atoms with E-state index in [1.54, 1.807) is 29.8 Å². The normalized spacial score (nSPS) is 11.0. The number of hydrogen-bond acceptors (Lipinski definition) is 5. The molecule has 0 atom stereocenters. The van der Waals surface area contributed by atoms with Crippen LogP contribution in [-0.4, -0.2) is 25.3 Å². The van der Waals surface area contributed by atoms with E-state index in [1.807, 2.05) is 0 Å². The number of nitrogen functional groups attached to an aromatic ring is 1. The molecule has 0 aliphatic rings. The second-order valence-electron chi connectivity index (χ2n) is 6.05. The highest BCUT2D eigenvalue weighted by Crippen LogP contribution is 2.30. The molecule has 0 fully saturated rings. The first-order valence-electron chi connectivity index (χ1n) is 8.26. The van der Waals surface area contributed by atoms with Gasteiger partial charge in [0.2, 0.25) is 0 Å². The third-order valence-corrected chi connectivity index (χ3v) is 4.44. The summed E-state index contributed by atoms with van der Waals surface area (Å²) in [6.07, 6.45) is 4.72. The first-order valence-corrected chi connectivity index (χ1v) is 8.64. The van der Waals surface area contributed by atoms with Crippen LogP contribution in [0.2, 0.25) is 5.02 Å². The number of nitrogens with zero attached hydrogens (tertiary/aromatic N) is 4. The average Bonchev–Trinajstić information content (AvgIpc) is 2.99. The number of halogens is 2. The summed E-state index contributed by atoms with van der Waals surface area (Å²) in [5.74, 6) is 0.0532. The summed E-state index contributed by atoms with van der Waals surface area (Å²) in [5, 5.41) is 3.01. The van der Waals surface area contributed by atoms with Gasteiger partial charge in [-0.3, -0.25) is 9.20 Å². The van der Waals surface area contributed by atoms with E-state index in [0.717, 1.165) is 6.07 Å². The highest BCUT2D eigenvalue weighted by atomic mass is 35.5. The minimum Gasteiger partial charge on any atom is -0.382 e. The molecule has 28 heavy (non-hydrogen) atoms. The fourth-order valence-corrected chi connectivity index (χ4v) is 3.07. The minimum atomic E-state index is -0.602. The Balaban J connectivity index is 1.70. The molecule has 0 aliphatic heterocycles. The standard InChI is InChI=1S/C19H14ClFN6O/c1-10-25-16(17-18(22)24-6-7-27(10)17)13-3-2-11(8-14(13)21)19(28)26-15-9-12(20)4-5-23-15/h2-9H,1H3,(H2,22,24)(H,23,26,28). The van der Waals surface area contributed by atoms with Gasteiger partial charge in [-0.1, -0.05) is 11.6 Å². The molecule has 3 aromatic heterocycles. The van der Waals surface area contributed by atoms with E-state index in [1.165, 1.54) is 24.4 Å². The molecular weight excluding hydrogens is 383 g/mol. The summed E-state index contributed by atoms with van der Waals surface area (Å²) in [6, 6.07) is 7.22. The van der Waals surface area contributed by atoms with Gasteiger partial charge >= 0.3 is 0 Å². The van der Waals surface area contributed by atoms with E-state index in [-0.39, 0.29) is 22.8 Å². The number of pyridine rings is 1. The van der Waals surface area contributed by atoms with Crippen molar-refractivity contribution in [2.45, 2.75) is 6.92 Å². The van der Waals surface area contributed by atoms with Crippen LogP contribution < -0.4 is 11.1 Å². The Morgan fingerprint density at radius 1 is 1.21 bits per heavy atom. The molecule has 4 aromatic rings. The maximum absolute atomic E-state index is 14.8. The van der Waals surface area contributed by atoms with Gasteiger partial charge in [0.25, 0.3) is 5.91 Å². The number of anilines is 2. The number of aryl methyl sites for hydroxylation is 1. The van der Waals surface area contributed by atoms with Crippen LogP contribution >= 0.6 is 11.6 Å². The van der Waals surface area contributed by atoms with Gasteiger partial charge < -0.3 is 11.1 Å². The Morgan fingerprint density at radius 2 is 2.04 bits per heavy atom. The summed E-state index contributed by atoms with van der Waals surface area (Å²) < 4.78 is 16.6. The zero-order chi connectivity index (χ0) is 19.8. The maximum Gasteiger partial charge on any atom is 0.256 e. The third kappa shape index (κ3) is 3.14. The zero-order valence-electron chi connectivity index (χ0n) is 14.6. The number of aromatic nitrogens is 4. The van der Waals surface area contributed by atoms with E-state index in [9.17, 15) is 9.18 Å². The quantitative estimate of drug-likeness (QED) is 0.550. The van der Waals surface area contributed by atoms with Crippen LogP contribution in [0.3, 0.4) is 0 Å². The lowest BCUT2D eigenvalue weighted by Crippen LogP contribution is -2.13. The molecule has 0 unspecified atom stereocenters. The number of carbonyl (C=O) groups excluding carboxylic acids is 1. The van der Waals surface area contributed by atoms with Gasteiger partial charge in [0, 0.05) is 34.7 Å². The number of nitrogens with two attached hydrogens (primary N) is 1. The SMILES string of the molecule is Cc1nc(-c2ccc(C(=O)Nc3cc(Cl)ccn3)cc2F)c2c(N)nccn12. The molecule has 1 amide bonds. The highest BCUT2D eigenvalue weighted by Gasteiger charge is 2.18. The number of amides is 1. The van der Waals surface area contributed by atoms with E-state index in [2.05, 4.69) is 20.3 Å². The summed E-state index contributed by atoms with van der Waals surface area (Å²) in [4.78, 5) is 24.8. The topological polar surface area (TPSA) is 98.2 Å². The van der Waals surface area contributed by atoms with Gasteiger partial charge in [-0.15, -0.1) is 0 Å². The van der Waals surface area contributed by atoms with E-state index in [4.69, 9.17) is 17.3 Å². The number of carbonyl (C=O) groups is 1. The Morgan fingerprint density at radius 3 is 2.79 bits per heavy atom. The summed E-state index contributed by atoms with van der Waals surface area (Å²) >= 11 is 5.88. The van der Waals surface area contributed by atoms with Gasteiger partial charge in [0.15, 0.2) is 0 Å². The van der Waals surface area contributed by atoms with E-state index >= 15 is 0 Å². The van der Waals surface area contributed by atoms with E-state index in [0.29, 0.717) is 22.1 Å². The lowest BCUT2D eigenvalue weighted by atomic mass is 10.1. The number of rotatable bonds is 3. The van der Waals surface area contributed by atoms with Crippen molar-refractivity contribution in [2.24, 2.45) is 0 Å². The lowest BCUT2D eigenvalue weighted by molar-refractivity contribution is 0.102. The number of hydrogen-bond donors (Lipinski definition) is 2. The molecule has 3 N–H and O–H groups in total. The van der Waals surface area contributed by atoms with Crippen LogP contribution in [0.15, 0.2) is 48.9 Å². The van der Waals surface area contributed by atoms with Crippen molar-refractivity contribution in [1.29, 1.82) is 0 Å². The number of nitrogens with one attached hydrogen (secondary N) is 1. The Hall–Kier alpha value is -3.52. The Kier molecular flexibility index (Phi) is 4.40. The van der Waals surface area contributed by atoms with Crippen molar-refractivity contribution in [3.63, 3.8) is 0 Å². The van der Waals surface area contributed by atoms with Crippen molar-refractivity contribution < 1.29 is 9.18 Å². The van der Waals surface area contributed by atoms with Gasteiger partial charge in [-0.05, 0) is 37.3 Å². The summed E-state index contributed by atoms with van der Waals surface area (Å²) in [5.41, 5.74) is 7.19. The molecule has 0 bridgehead atoms. The second kappa shape index (κ2) is 6.90. The molecule has 4 rings (SSSR count). The number of imidazole rings is 1. The summed E-state index contributed by atoms with van der Waals surface area (Å²) in [6.45, 7) is 1.79. The van der Waals surface area contributed by atoms with Gasteiger partial charge in [0.05, 0.1) is 0 Å². The van der Waals surface area contributed by atoms with Gasteiger partial charge in [0.1, 0.15) is 34.5 Å². The molecular formula is C19H14ClFN6O. The largest absolute Gasteiger partial charge is 0.382 e. The van der Waals surface area contributed by atoms with Crippen LogP contribution in [-0.2, 0) is 0 Å².